The Morgan fingerprint density at radius 2 is 2.10 bits per heavy atom. The van der Waals surface area contributed by atoms with Gasteiger partial charge in [-0.2, -0.15) is 5.10 Å². The highest BCUT2D eigenvalue weighted by Gasteiger charge is 2.15. The third-order valence-corrected chi connectivity index (χ3v) is 3.54. The van der Waals surface area contributed by atoms with E-state index in [0.29, 0.717) is 10.6 Å². The summed E-state index contributed by atoms with van der Waals surface area (Å²) in [6, 6.07) is 9.48. The molecule has 3 aromatic rings. The molecular weight excluding hydrogens is 274 g/mol. The van der Waals surface area contributed by atoms with Gasteiger partial charge in [-0.25, -0.2) is 0 Å². The number of hydrogen-bond donors (Lipinski definition) is 0. The number of halogens is 1. The first-order valence-electron chi connectivity index (χ1n) is 6.20. The van der Waals surface area contributed by atoms with Gasteiger partial charge in [0.15, 0.2) is 5.78 Å². The maximum atomic E-state index is 12.3. The number of aryl methyl sites for hydroxylation is 1. The minimum absolute atomic E-state index is 0.0544. The fraction of sp³-hybridized carbons (Fsp3) is 0.133. The van der Waals surface area contributed by atoms with Gasteiger partial charge in [0.2, 0.25) is 0 Å². The topological polar surface area (TPSA) is 47.8 Å². The lowest BCUT2D eigenvalue weighted by Gasteiger charge is -2.01. The number of aromatic nitrogens is 3. The number of rotatable bonds is 3. The van der Waals surface area contributed by atoms with Crippen molar-refractivity contribution < 1.29 is 4.79 Å². The second-order valence-corrected chi connectivity index (χ2v) is 4.95. The summed E-state index contributed by atoms with van der Waals surface area (Å²) < 4.78 is 1.78. The van der Waals surface area contributed by atoms with E-state index in [2.05, 4.69) is 10.1 Å². The highest BCUT2D eigenvalue weighted by atomic mass is 35.5. The summed E-state index contributed by atoms with van der Waals surface area (Å²) in [5.41, 5.74) is 2.26. The van der Waals surface area contributed by atoms with E-state index >= 15 is 0 Å². The molecule has 0 radical (unpaired) electrons. The average Bonchev–Trinajstić information content (AvgIpc) is 2.76. The van der Waals surface area contributed by atoms with Crippen LogP contribution in [0.3, 0.4) is 0 Å². The third-order valence-electron chi connectivity index (χ3n) is 3.24. The van der Waals surface area contributed by atoms with E-state index in [0.717, 1.165) is 16.6 Å². The lowest BCUT2D eigenvalue weighted by molar-refractivity contribution is 0.0992. The maximum absolute atomic E-state index is 12.3. The summed E-state index contributed by atoms with van der Waals surface area (Å²) in [7, 11) is 1.87. The minimum atomic E-state index is -0.0544. The number of hydrogen-bond acceptors (Lipinski definition) is 3. The normalized spacial score (nSPS) is 10.9. The van der Waals surface area contributed by atoms with E-state index in [1.807, 2.05) is 31.3 Å². The van der Waals surface area contributed by atoms with Crippen LogP contribution in [0.5, 0.6) is 0 Å². The van der Waals surface area contributed by atoms with E-state index in [4.69, 9.17) is 11.6 Å². The zero-order valence-electron chi connectivity index (χ0n) is 10.9. The Kier molecular flexibility index (Phi) is 3.24. The largest absolute Gasteiger partial charge is 0.294 e. The van der Waals surface area contributed by atoms with Gasteiger partial charge in [-0.05, 0) is 12.1 Å². The standard InChI is InChI=1S/C15H12ClN3O/c1-19-14-5-3-2-4-11(14)13(18-19)8-15(20)10-6-7-17-9-12(10)16/h2-7,9H,8H2,1H3. The molecule has 5 heteroatoms. The average molecular weight is 286 g/mol. The Bertz CT molecular complexity index is 795. The van der Waals surface area contributed by atoms with Crippen molar-refractivity contribution in [3.05, 3.63) is 59.0 Å². The number of Topliss-reactive ketones (excluding diaryl/α,β-unsaturated/α-hetero) is 1. The van der Waals surface area contributed by atoms with E-state index in [-0.39, 0.29) is 12.2 Å². The number of fused-ring (bicyclic) bond motifs is 1. The minimum Gasteiger partial charge on any atom is -0.294 e. The molecule has 100 valence electrons. The van der Waals surface area contributed by atoms with Gasteiger partial charge in [-0.3, -0.25) is 14.5 Å². The van der Waals surface area contributed by atoms with Crippen LogP contribution in [0.25, 0.3) is 10.9 Å². The van der Waals surface area contributed by atoms with E-state index in [9.17, 15) is 4.79 Å². The van der Waals surface area contributed by atoms with Crippen molar-refractivity contribution in [2.45, 2.75) is 6.42 Å². The van der Waals surface area contributed by atoms with Crippen molar-refractivity contribution in [2.75, 3.05) is 0 Å². The Morgan fingerprint density at radius 3 is 2.90 bits per heavy atom. The molecule has 0 aliphatic rings. The number of ketones is 1. The zero-order chi connectivity index (χ0) is 14.1. The molecule has 3 rings (SSSR count). The van der Waals surface area contributed by atoms with Crippen LogP contribution in [0.15, 0.2) is 42.7 Å². The predicted octanol–water partition coefficient (Wildman–Crippen LogP) is 3.05. The first-order valence-corrected chi connectivity index (χ1v) is 6.58. The Morgan fingerprint density at radius 1 is 1.30 bits per heavy atom. The molecule has 0 N–H and O–H groups in total. The van der Waals surface area contributed by atoms with Crippen LogP contribution >= 0.6 is 11.6 Å². The van der Waals surface area contributed by atoms with Crippen LogP contribution in [0, 0.1) is 0 Å². The molecule has 20 heavy (non-hydrogen) atoms. The number of para-hydroxylation sites is 1. The molecule has 0 saturated heterocycles. The lowest BCUT2D eigenvalue weighted by atomic mass is 10.1. The van der Waals surface area contributed by atoms with Crippen molar-refractivity contribution in [3.8, 4) is 0 Å². The highest BCUT2D eigenvalue weighted by molar-refractivity contribution is 6.33. The monoisotopic (exact) mass is 285 g/mol. The van der Waals surface area contributed by atoms with Crippen LogP contribution in [0.4, 0.5) is 0 Å². The fourth-order valence-electron chi connectivity index (χ4n) is 2.27. The first-order chi connectivity index (χ1) is 9.66. The maximum Gasteiger partial charge on any atom is 0.170 e. The van der Waals surface area contributed by atoms with Crippen molar-refractivity contribution in [1.29, 1.82) is 0 Å². The van der Waals surface area contributed by atoms with Crippen LogP contribution in [-0.4, -0.2) is 20.5 Å². The number of carbonyl (C=O) groups excluding carboxylic acids is 1. The third kappa shape index (κ3) is 2.18. The van der Waals surface area contributed by atoms with Crippen molar-refractivity contribution in [3.63, 3.8) is 0 Å². The summed E-state index contributed by atoms with van der Waals surface area (Å²) in [6.07, 6.45) is 3.27. The first kappa shape index (κ1) is 12.8. The number of nitrogens with zero attached hydrogens (tertiary/aromatic N) is 3. The highest BCUT2D eigenvalue weighted by Crippen LogP contribution is 2.21. The Hall–Kier alpha value is -2.20. The molecular formula is C15H12ClN3O. The van der Waals surface area contributed by atoms with Crippen molar-refractivity contribution in [2.24, 2.45) is 7.05 Å². The summed E-state index contributed by atoms with van der Waals surface area (Å²) in [5, 5.41) is 5.79. The molecule has 2 heterocycles. The van der Waals surface area contributed by atoms with Gasteiger partial charge in [0.1, 0.15) is 0 Å². The number of benzene rings is 1. The van der Waals surface area contributed by atoms with Crippen LogP contribution in [-0.2, 0) is 13.5 Å². The molecule has 0 aliphatic carbocycles. The van der Waals surface area contributed by atoms with Gasteiger partial charge in [-0.1, -0.05) is 29.8 Å². The summed E-state index contributed by atoms with van der Waals surface area (Å²) in [4.78, 5) is 16.2. The van der Waals surface area contributed by atoms with Crippen molar-refractivity contribution in [1.82, 2.24) is 14.8 Å². The second-order valence-electron chi connectivity index (χ2n) is 4.54. The molecule has 1 aromatic carbocycles. The van der Waals surface area contributed by atoms with Gasteiger partial charge < -0.3 is 0 Å². The van der Waals surface area contributed by atoms with Crippen LogP contribution in [0.1, 0.15) is 16.1 Å². The second kappa shape index (κ2) is 5.06. The molecule has 0 amide bonds. The summed E-state index contributed by atoms with van der Waals surface area (Å²) >= 11 is 6.00. The molecule has 0 saturated carbocycles. The van der Waals surface area contributed by atoms with Gasteiger partial charge in [-0.15, -0.1) is 0 Å². The molecule has 0 bridgehead atoms. The summed E-state index contributed by atoms with van der Waals surface area (Å²) in [5.74, 6) is -0.0544. The van der Waals surface area contributed by atoms with E-state index in [1.165, 1.54) is 6.20 Å². The fourth-order valence-corrected chi connectivity index (χ4v) is 2.49. The predicted molar refractivity (Wildman–Crippen MR) is 78.0 cm³/mol. The SMILES string of the molecule is Cn1nc(CC(=O)c2ccncc2Cl)c2ccccc21. The quantitative estimate of drug-likeness (QED) is 0.695. The molecule has 0 fully saturated rings. The molecule has 0 unspecified atom stereocenters. The molecule has 0 atom stereocenters. The van der Waals surface area contributed by atoms with Gasteiger partial charge in [0.05, 0.1) is 22.7 Å². The summed E-state index contributed by atoms with van der Waals surface area (Å²) in [6.45, 7) is 0. The van der Waals surface area contributed by atoms with Crippen LogP contribution in [0.2, 0.25) is 5.02 Å². The molecule has 0 spiro atoms. The van der Waals surface area contributed by atoms with Gasteiger partial charge >= 0.3 is 0 Å². The number of carbonyl (C=O) groups is 1. The van der Waals surface area contributed by atoms with Gasteiger partial charge in [0, 0.05) is 30.4 Å². The molecule has 2 aromatic heterocycles. The van der Waals surface area contributed by atoms with Gasteiger partial charge in [0.25, 0.3) is 0 Å². The smallest absolute Gasteiger partial charge is 0.170 e. The van der Waals surface area contributed by atoms with E-state index in [1.54, 1.807) is 16.9 Å². The Balaban J connectivity index is 1.98. The van der Waals surface area contributed by atoms with Crippen LogP contribution < -0.4 is 0 Å². The molecule has 4 nitrogen and oxygen atoms in total. The van der Waals surface area contributed by atoms with Crippen molar-refractivity contribution >= 4 is 28.3 Å². The molecule has 0 aliphatic heterocycles. The lowest BCUT2D eigenvalue weighted by Crippen LogP contribution is -2.06. The Labute approximate surface area is 121 Å². The number of pyridine rings is 1. The zero-order valence-corrected chi connectivity index (χ0v) is 11.6. The van der Waals surface area contributed by atoms with E-state index < -0.39 is 0 Å².